The van der Waals surface area contributed by atoms with Gasteiger partial charge in [0.25, 0.3) is 0 Å². The first-order valence-corrected chi connectivity index (χ1v) is 9.38. The molecule has 0 radical (unpaired) electrons. The molecule has 28 heavy (non-hydrogen) atoms. The molecule has 1 aliphatic heterocycles. The van der Waals surface area contributed by atoms with Crippen molar-refractivity contribution < 1.29 is 14.3 Å². The molecule has 0 saturated heterocycles. The second kappa shape index (κ2) is 6.37. The second-order valence-corrected chi connectivity index (χ2v) is 7.38. The van der Waals surface area contributed by atoms with E-state index in [9.17, 15) is 4.79 Å². The van der Waals surface area contributed by atoms with Crippen molar-refractivity contribution in [1.29, 1.82) is 0 Å². The van der Waals surface area contributed by atoms with E-state index in [4.69, 9.17) is 9.47 Å². The molecule has 0 spiro atoms. The molecule has 1 N–H and O–H groups in total. The number of fused-ring (bicyclic) bond motifs is 1. The van der Waals surface area contributed by atoms with Crippen molar-refractivity contribution in [3.63, 3.8) is 0 Å². The van der Waals surface area contributed by atoms with Gasteiger partial charge < -0.3 is 14.8 Å². The zero-order valence-electron chi connectivity index (χ0n) is 15.6. The van der Waals surface area contributed by atoms with Gasteiger partial charge in [0.1, 0.15) is 0 Å². The van der Waals surface area contributed by atoms with Crippen LogP contribution in [-0.4, -0.2) is 17.7 Å². The number of benzene rings is 2. The summed E-state index contributed by atoms with van der Waals surface area (Å²) in [7, 11) is 0. The van der Waals surface area contributed by atoms with Crippen LogP contribution in [0.3, 0.4) is 0 Å². The molecule has 3 aromatic rings. The lowest BCUT2D eigenvalue weighted by molar-refractivity contribution is -0.118. The van der Waals surface area contributed by atoms with Gasteiger partial charge in [-0.2, -0.15) is 0 Å². The van der Waals surface area contributed by atoms with Gasteiger partial charge >= 0.3 is 0 Å². The Labute approximate surface area is 163 Å². The molecule has 1 fully saturated rings. The number of aromatic nitrogens is 1. The molecule has 5 rings (SSSR count). The molecular formula is C23H20N2O3. The number of anilines is 1. The molecule has 0 bridgehead atoms. The van der Waals surface area contributed by atoms with Gasteiger partial charge in [-0.05, 0) is 66.8 Å². The molecule has 140 valence electrons. The Balaban J connectivity index is 1.41. The highest BCUT2D eigenvalue weighted by Crippen LogP contribution is 2.51. The monoisotopic (exact) mass is 372 g/mol. The number of rotatable bonds is 4. The average molecular weight is 372 g/mol. The normalized spacial score (nSPS) is 15.9. The number of amides is 1. The van der Waals surface area contributed by atoms with Crippen molar-refractivity contribution >= 4 is 11.6 Å². The van der Waals surface area contributed by atoms with Gasteiger partial charge in [-0.1, -0.05) is 18.2 Å². The molecule has 5 nitrogen and oxygen atoms in total. The molecule has 0 atom stereocenters. The summed E-state index contributed by atoms with van der Waals surface area (Å²) in [5.41, 5.74) is 4.53. The third-order valence-electron chi connectivity index (χ3n) is 5.58. The minimum Gasteiger partial charge on any atom is -0.454 e. The van der Waals surface area contributed by atoms with Crippen LogP contribution in [0.15, 0.2) is 60.9 Å². The summed E-state index contributed by atoms with van der Waals surface area (Å²) in [4.78, 5) is 17.3. The summed E-state index contributed by atoms with van der Waals surface area (Å²) in [6, 6.07) is 15.7. The summed E-state index contributed by atoms with van der Waals surface area (Å²) in [5.74, 6) is 1.47. The Morgan fingerprint density at radius 2 is 1.93 bits per heavy atom. The summed E-state index contributed by atoms with van der Waals surface area (Å²) >= 11 is 0. The lowest BCUT2D eigenvalue weighted by Gasteiger charge is -2.17. The Morgan fingerprint density at radius 1 is 1.07 bits per heavy atom. The fourth-order valence-electron chi connectivity index (χ4n) is 3.75. The lowest BCUT2D eigenvalue weighted by atomic mass is 9.94. The quantitative estimate of drug-likeness (QED) is 0.735. The van der Waals surface area contributed by atoms with Crippen molar-refractivity contribution in [3.05, 3.63) is 72.1 Å². The maximum atomic E-state index is 13.1. The van der Waals surface area contributed by atoms with E-state index < -0.39 is 5.41 Å². The first kappa shape index (κ1) is 16.8. The highest BCUT2D eigenvalue weighted by atomic mass is 16.7. The number of nitrogens with one attached hydrogen (secondary N) is 1. The van der Waals surface area contributed by atoms with Gasteiger partial charge in [-0.25, -0.2) is 0 Å². The van der Waals surface area contributed by atoms with Crippen LogP contribution >= 0.6 is 0 Å². The van der Waals surface area contributed by atoms with E-state index in [0.29, 0.717) is 5.75 Å². The number of carbonyl (C=O) groups excluding carboxylic acids is 1. The first-order valence-electron chi connectivity index (χ1n) is 9.38. The van der Waals surface area contributed by atoms with Crippen LogP contribution in [0.1, 0.15) is 24.0 Å². The number of ether oxygens (including phenoxy) is 2. The number of hydrogen-bond acceptors (Lipinski definition) is 4. The Hall–Kier alpha value is -3.34. The molecule has 1 saturated carbocycles. The van der Waals surface area contributed by atoms with Gasteiger partial charge in [0.2, 0.25) is 12.7 Å². The molecule has 1 amide bonds. The van der Waals surface area contributed by atoms with E-state index in [0.717, 1.165) is 46.5 Å². The van der Waals surface area contributed by atoms with Crippen molar-refractivity contribution in [1.82, 2.24) is 4.98 Å². The van der Waals surface area contributed by atoms with Crippen LogP contribution in [0.25, 0.3) is 11.1 Å². The minimum absolute atomic E-state index is 0.0207. The number of nitrogens with zero attached hydrogens (tertiary/aromatic N) is 1. The summed E-state index contributed by atoms with van der Waals surface area (Å²) in [6.45, 7) is 2.29. The molecule has 2 heterocycles. The van der Waals surface area contributed by atoms with E-state index in [1.807, 2.05) is 54.7 Å². The van der Waals surface area contributed by atoms with Crippen molar-refractivity contribution in [3.8, 4) is 22.6 Å². The third-order valence-corrected chi connectivity index (χ3v) is 5.58. The largest absolute Gasteiger partial charge is 0.454 e. The van der Waals surface area contributed by atoms with E-state index in [2.05, 4.69) is 17.2 Å². The SMILES string of the molecule is Cc1ccc(NC(=O)C2(c3ccc4c(c3)OCO4)CC2)cc1-c1cccnc1. The average Bonchev–Trinajstić information content (AvgIpc) is 3.41. The molecule has 1 aliphatic carbocycles. The molecule has 1 aromatic heterocycles. The topological polar surface area (TPSA) is 60.5 Å². The highest BCUT2D eigenvalue weighted by molar-refractivity contribution is 6.02. The van der Waals surface area contributed by atoms with Gasteiger partial charge in [0.15, 0.2) is 11.5 Å². The van der Waals surface area contributed by atoms with Gasteiger partial charge in [0, 0.05) is 23.6 Å². The second-order valence-electron chi connectivity index (χ2n) is 7.38. The van der Waals surface area contributed by atoms with Crippen LogP contribution in [-0.2, 0) is 10.2 Å². The zero-order chi connectivity index (χ0) is 19.1. The molecule has 0 unspecified atom stereocenters. The first-order chi connectivity index (χ1) is 13.7. The van der Waals surface area contributed by atoms with Crippen molar-refractivity contribution in [2.24, 2.45) is 0 Å². The van der Waals surface area contributed by atoms with Crippen LogP contribution in [0.2, 0.25) is 0 Å². The standard InChI is InChI=1S/C23H20N2O3/c1-15-4-6-18(12-19(15)16-3-2-10-24-13-16)25-22(26)23(8-9-23)17-5-7-20-21(11-17)28-14-27-20/h2-7,10-13H,8-9,14H2,1H3,(H,25,26). The van der Waals surface area contributed by atoms with E-state index >= 15 is 0 Å². The Kier molecular flexibility index (Phi) is 3.83. The van der Waals surface area contributed by atoms with Crippen LogP contribution in [0.5, 0.6) is 11.5 Å². The van der Waals surface area contributed by atoms with Crippen molar-refractivity contribution in [2.75, 3.05) is 12.1 Å². The summed E-state index contributed by atoms with van der Waals surface area (Å²) in [6.07, 6.45) is 5.26. The zero-order valence-corrected chi connectivity index (χ0v) is 15.6. The smallest absolute Gasteiger partial charge is 0.235 e. The van der Waals surface area contributed by atoms with Crippen molar-refractivity contribution in [2.45, 2.75) is 25.2 Å². The molecule has 2 aliphatic rings. The Morgan fingerprint density at radius 3 is 2.71 bits per heavy atom. The Bertz CT molecular complexity index is 1060. The number of hydrogen-bond donors (Lipinski definition) is 1. The summed E-state index contributed by atoms with van der Waals surface area (Å²) < 4.78 is 10.9. The van der Waals surface area contributed by atoms with Gasteiger partial charge in [-0.3, -0.25) is 9.78 Å². The lowest BCUT2D eigenvalue weighted by Crippen LogP contribution is -2.27. The fourth-order valence-corrected chi connectivity index (χ4v) is 3.75. The fraction of sp³-hybridized carbons (Fsp3) is 0.217. The maximum Gasteiger partial charge on any atom is 0.235 e. The van der Waals surface area contributed by atoms with E-state index in [1.54, 1.807) is 6.20 Å². The highest BCUT2D eigenvalue weighted by Gasteiger charge is 2.51. The summed E-state index contributed by atoms with van der Waals surface area (Å²) in [5, 5.41) is 3.12. The molecular weight excluding hydrogens is 352 g/mol. The number of carbonyl (C=O) groups is 1. The maximum absolute atomic E-state index is 13.1. The van der Waals surface area contributed by atoms with Crippen LogP contribution in [0, 0.1) is 6.92 Å². The van der Waals surface area contributed by atoms with E-state index in [1.165, 1.54) is 0 Å². The van der Waals surface area contributed by atoms with Crippen LogP contribution in [0.4, 0.5) is 5.69 Å². The third kappa shape index (κ3) is 2.80. The van der Waals surface area contributed by atoms with Crippen LogP contribution < -0.4 is 14.8 Å². The predicted molar refractivity (Wildman–Crippen MR) is 107 cm³/mol. The van der Waals surface area contributed by atoms with E-state index in [-0.39, 0.29) is 12.7 Å². The van der Waals surface area contributed by atoms with Gasteiger partial charge in [-0.15, -0.1) is 0 Å². The molecule has 2 aromatic carbocycles. The molecule has 5 heteroatoms. The number of pyridine rings is 1. The minimum atomic E-state index is -0.486. The number of aryl methyl sites for hydroxylation is 1. The van der Waals surface area contributed by atoms with Gasteiger partial charge in [0.05, 0.1) is 5.41 Å². The predicted octanol–water partition coefficient (Wildman–Crippen LogP) is 4.46.